The van der Waals surface area contributed by atoms with E-state index >= 15 is 0 Å². The van der Waals surface area contributed by atoms with E-state index in [1.54, 1.807) is 4.31 Å². The fourth-order valence-corrected chi connectivity index (χ4v) is 3.03. The van der Waals surface area contributed by atoms with Crippen LogP contribution in [0.25, 0.3) is 11.0 Å². The van der Waals surface area contributed by atoms with Crippen LogP contribution in [-0.2, 0) is 0 Å². The Kier molecular flexibility index (Phi) is 3.88. The fourth-order valence-electron chi connectivity index (χ4n) is 2.25. The van der Waals surface area contributed by atoms with Crippen LogP contribution in [-0.4, -0.2) is 9.97 Å². The summed E-state index contributed by atoms with van der Waals surface area (Å²) in [5, 5.41) is 0. The summed E-state index contributed by atoms with van der Waals surface area (Å²) in [6, 6.07) is 11.8. The summed E-state index contributed by atoms with van der Waals surface area (Å²) in [5.74, 6) is 0.834. The van der Waals surface area contributed by atoms with Gasteiger partial charge in [0.1, 0.15) is 0 Å². The van der Waals surface area contributed by atoms with Crippen LogP contribution in [0.15, 0.2) is 41.3 Å². The predicted molar refractivity (Wildman–Crippen MR) is 98.2 cm³/mol. The summed E-state index contributed by atoms with van der Waals surface area (Å²) in [6.07, 6.45) is 0. The van der Waals surface area contributed by atoms with Gasteiger partial charge >= 0.3 is 0 Å². The number of hydrogen-bond donors (Lipinski definition) is 3. The number of nitrogens with zero attached hydrogens (tertiary/aromatic N) is 3. The molecule has 0 saturated carbocycles. The van der Waals surface area contributed by atoms with Crippen molar-refractivity contribution in [3.63, 3.8) is 0 Å². The van der Waals surface area contributed by atoms with Gasteiger partial charge in [-0.3, -0.25) is 4.31 Å². The monoisotopic (exact) mass is 328 g/mol. The number of rotatable bonds is 2. The topological polar surface area (TPSA) is 55.0 Å². The van der Waals surface area contributed by atoms with E-state index in [1.165, 1.54) is 0 Å². The van der Waals surface area contributed by atoms with E-state index in [9.17, 15) is 0 Å². The Morgan fingerprint density at radius 3 is 2.36 bits per heavy atom. The van der Waals surface area contributed by atoms with Crippen molar-refractivity contribution >= 4 is 53.8 Å². The zero-order valence-electron chi connectivity index (χ0n) is 12.3. The van der Waals surface area contributed by atoms with Gasteiger partial charge in [-0.25, -0.2) is 9.97 Å². The molecule has 0 radical (unpaired) electrons. The summed E-state index contributed by atoms with van der Waals surface area (Å²) in [4.78, 5) is 9.82. The molecule has 3 rings (SSSR count). The lowest BCUT2D eigenvalue weighted by Crippen LogP contribution is -2.10. The molecule has 0 unspecified atom stereocenters. The Hall–Kier alpha value is -1.92. The lowest BCUT2D eigenvalue weighted by molar-refractivity contribution is 1.22. The number of thiol groups is 2. The van der Waals surface area contributed by atoms with Crippen molar-refractivity contribution in [1.82, 2.24) is 9.97 Å². The molecule has 0 amide bonds. The second kappa shape index (κ2) is 5.70. The van der Waals surface area contributed by atoms with Crippen molar-refractivity contribution in [2.75, 3.05) is 10.0 Å². The van der Waals surface area contributed by atoms with Crippen LogP contribution in [0.2, 0.25) is 0 Å². The SMILES string of the molecule is Cc1ccc(N(S)c2nc3cc(C)ccc3nc2N)c(S)c1. The first-order valence-corrected chi connectivity index (χ1v) is 7.63. The normalized spacial score (nSPS) is 10.9. The van der Waals surface area contributed by atoms with Gasteiger partial charge in [0, 0.05) is 4.90 Å². The van der Waals surface area contributed by atoms with E-state index in [-0.39, 0.29) is 0 Å². The molecule has 1 heterocycles. The van der Waals surface area contributed by atoms with Crippen LogP contribution in [0.5, 0.6) is 0 Å². The molecular weight excluding hydrogens is 312 g/mol. The molecule has 0 fully saturated rings. The minimum absolute atomic E-state index is 0.333. The molecule has 0 aliphatic rings. The summed E-state index contributed by atoms with van der Waals surface area (Å²) < 4.78 is 1.62. The zero-order chi connectivity index (χ0) is 15.9. The average molecular weight is 328 g/mol. The first-order valence-electron chi connectivity index (χ1n) is 6.78. The third-order valence-electron chi connectivity index (χ3n) is 3.39. The van der Waals surface area contributed by atoms with Crippen molar-refractivity contribution in [2.45, 2.75) is 18.7 Å². The highest BCUT2D eigenvalue weighted by Gasteiger charge is 2.15. The second-order valence-corrected chi connectivity index (χ2v) is 6.11. The van der Waals surface area contributed by atoms with E-state index in [0.717, 1.165) is 32.7 Å². The number of anilines is 3. The molecule has 22 heavy (non-hydrogen) atoms. The fraction of sp³-hybridized carbons (Fsp3) is 0.125. The maximum atomic E-state index is 6.05. The Bertz CT molecular complexity index is 864. The summed E-state index contributed by atoms with van der Waals surface area (Å²) in [7, 11) is 0. The van der Waals surface area contributed by atoms with Crippen molar-refractivity contribution in [3.8, 4) is 0 Å². The molecule has 6 heteroatoms. The number of benzene rings is 2. The summed E-state index contributed by atoms with van der Waals surface area (Å²) in [5.41, 5.74) is 10.7. The van der Waals surface area contributed by atoms with Crippen LogP contribution in [0.3, 0.4) is 0 Å². The van der Waals surface area contributed by atoms with Crippen LogP contribution in [0.1, 0.15) is 11.1 Å². The molecule has 0 bridgehead atoms. The lowest BCUT2D eigenvalue weighted by Gasteiger charge is -2.20. The van der Waals surface area contributed by atoms with Crippen molar-refractivity contribution < 1.29 is 0 Å². The number of aromatic nitrogens is 2. The van der Waals surface area contributed by atoms with Gasteiger partial charge in [-0.1, -0.05) is 24.9 Å². The van der Waals surface area contributed by atoms with Gasteiger partial charge in [-0.15, -0.1) is 12.6 Å². The standard InChI is InChI=1S/C16H16N4S2/c1-9-3-5-11-12(7-9)19-16(15(17)18-11)20(22)13-6-4-10(2)8-14(13)21/h3-8,21-22H,1-2H3,(H2,17,18). The van der Waals surface area contributed by atoms with Gasteiger partial charge in [0.05, 0.1) is 16.7 Å². The number of aryl methyl sites for hydroxylation is 2. The van der Waals surface area contributed by atoms with Gasteiger partial charge in [0.2, 0.25) is 0 Å². The number of nitrogens with two attached hydrogens (primary N) is 1. The quantitative estimate of drug-likeness (QED) is 0.620. The molecule has 2 aromatic carbocycles. The maximum Gasteiger partial charge on any atom is 0.186 e. The van der Waals surface area contributed by atoms with Crippen molar-refractivity contribution in [2.24, 2.45) is 0 Å². The highest BCUT2D eigenvalue weighted by atomic mass is 32.1. The average Bonchev–Trinajstić information content (AvgIpc) is 2.46. The van der Waals surface area contributed by atoms with E-state index in [1.807, 2.05) is 50.2 Å². The van der Waals surface area contributed by atoms with Crippen LogP contribution in [0.4, 0.5) is 17.3 Å². The van der Waals surface area contributed by atoms with Gasteiger partial charge in [-0.2, -0.15) is 0 Å². The predicted octanol–water partition coefficient (Wildman–Crippen LogP) is 4.10. The molecule has 0 atom stereocenters. The molecule has 4 nitrogen and oxygen atoms in total. The largest absolute Gasteiger partial charge is 0.381 e. The third kappa shape index (κ3) is 2.71. The summed E-state index contributed by atoms with van der Waals surface area (Å²) >= 11 is 9.04. The Morgan fingerprint density at radius 1 is 0.955 bits per heavy atom. The zero-order valence-corrected chi connectivity index (χ0v) is 14.1. The Balaban J connectivity index is 2.13. The molecule has 0 aliphatic carbocycles. The highest BCUT2D eigenvalue weighted by Crippen LogP contribution is 2.35. The maximum absolute atomic E-state index is 6.05. The lowest BCUT2D eigenvalue weighted by atomic mass is 10.2. The van der Waals surface area contributed by atoms with E-state index in [4.69, 9.17) is 5.73 Å². The molecule has 3 aromatic rings. The van der Waals surface area contributed by atoms with Gasteiger partial charge in [0.15, 0.2) is 11.6 Å². The van der Waals surface area contributed by atoms with Crippen molar-refractivity contribution in [3.05, 3.63) is 47.5 Å². The number of fused-ring (bicyclic) bond motifs is 1. The Morgan fingerprint density at radius 2 is 1.64 bits per heavy atom. The molecule has 0 aliphatic heterocycles. The van der Waals surface area contributed by atoms with E-state index in [2.05, 4.69) is 35.4 Å². The number of nitrogen functional groups attached to an aromatic ring is 1. The highest BCUT2D eigenvalue weighted by molar-refractivity contribution is 7.82. The molecule has 2 N–H and O–H groups in total. The molecule has 1 aromatic heterocycles. The molecule has 0 spiro atoms. The second-order valence-electron chi connectivity index (χ2n) is 5.23. The van der Waals surface area contributed by atoms with Crippen molar-refractivity contribution in [1.29, 1.82) is 0 Å². The molecule has 0 saturated heterocycles. The minimum atomic E-state index is 0.333. The van der Waals surface area contributed by atoms with Gasteiger partial charge in [0.25, 0.3) is 0 Å². The molecule has 112 valence electrons. The minimum Gasteiger partial charge on any atom is -0.381 e. The Labute approximate surface area is 140 Å². The first kappa shape index (κ1) is 15.0. The summed E-state index contributed by atoms with van der Waals surface area (Å²) in [6.45, 7) is 4.03. The van der Waals surface area contributed by atoms with Gasteiger partial charge in [-0.05, 0) is 49.2 Å². The van der Waals surface area contributed by atoms with Crippen LogP contribution >= 0.6 is 25.4 Å². The van der Waals surface area contributed by atoms with E-state index < -0.39 is 0 Å². The van der Waals surface area contributed by atoms with Crippen LogP contribution < -0.4 is 10.0 Å². The molecular formula is C16H16N4S2. The van der Waals surface area contributed by atoms with Crippen LogP contribution in [0, 0.1) is 13.8 Å². The van der Waals surface area contributed by atoms with E-state index in [0.29, 0.717) is 11.6 Å². The first-order chi connectivity index (χ1) is 10.5. The smallest absolute Gasteiger partial charge is 0.186 e. The third-order valence-corrected chi connectivity index (χ3v) is 4.15. The van der Waals surface area contributed by atoms with Gasteiger partial charge < -0.3 is 5.73 Å². The number of hydrogen-bond acceptors (Lipinski definition) is 6.